The minimum Gasteiger partial charge on any atom is -0.493 e. The Morgan fingerprint density at radius 2 is 2.04 bits per heavy atom. The van der Waals surface area contributed by atoms with Gasteiger partial charge in [0.15, 0.2) is 0 Å². The molecular weight excluding hydrogens is 304 g/mol. The van der Waals surface area contributed by atoms with Crippen LogP contribution in [0.5, 0.6) is 5.75 Å². The molecule has 24 heavy (non-hydrogen) atoms. The number of urea groups is 1. The van der Waals surface area contributed by atoms with Crippen molar-refractivity contribution >= 4 is 11.7 Å². The van der Waals surface area contributed by atoms with Gasteiger partial charge in [0, 0.05) is 25.5 Å². The molecule has 0 atom stereocenters. The van der Waals surface area contributed by atoms with Gasteiger partial charge < -0.3 is 15.4 Å². The van der Waals surface area contributed by atoms with Crippen molar-refractivity contribution in [2.75, 3.05) is 18.5 Å². The van der Waals surface area contributed by atoms with Crippen LogP contribution >= 0.6 is 0 Å². The molecule has 1 heterocycles. The number of nitrogens with one attached hydrogen (secondary N) is 2. The summed E-state index contributed by atoms with van der Waals surface area (Å²) in [4.78, 5) is 11.9. The molecule has 0 saturated carbocycles. The lowest BCUT2D eigenvalue weighted by Crippen LogP contribution is -2.29. The Hall–Kier alpha value is -2.50. The van der Waals surface area contributed by atoms with Crippen LogP contribution in [0.1, 0.15) is 25.8 Å². The Morgan fingerprint density at radius 3 is 2.67 bits per heavy atom. The van der Waals surface area contributed by atoms with E-state index in [0.717, 1.165) is 24.3 Å². The number of aromatic nitrogens is 2. The van der Waals surface area contributed by atoms with Gasteiger partial charge in [0.1, 0.15) is 5.75 Å². The first-order valence-corrected chi connectivity index (χ1v) is 8.28. The Balaban J connectivity index is 1.66. The summed E-state index contributed by atoms with van der Waals surface area (Å²) in [6.07, 6.45) is 5.61. The SMILES string of the molecule is CC(C)COc1ccc(NC(=O)NCCCc2cnn(C)c2)cc1. The van der Waals surface area contributed by atoms with Crippen molar-refractivity contribution in [2.45, 2.75) is 26.7 Å². The zero-order valence-electron chi connectivity index (χ0n) is 14.6. The highest BCUT2D eigenvalue weighted by atomic mass is 16.5. The fourth-order valence-electron chi connectivity index (χ4n) is 2.17. The van der Waals surface area contributed by atoms with Crippen LogP contribution in [-0.4, -0.2) is 29.0 Å². The number of amides is 2. The van der Waals surface area contributed by atoms with Gasteiger partial charge in [-0.25, -0.2) is 4.79 Å². The molecule has 0 bridgehead atoms. The fourth-order valence-corrected chi connectivity index (χ4v) is 2.17. The topological polar surface area (TPSA) is 68.2 Å². The van der Waals surface area contributed by atoms with E-state index in [0.29, 0.717) is 19.1 Å². The van der Waals surface area contributed by atoms with Crippen LogP contribution in [-0.2, 0) is 13.5 Å². The Kier molecular flexibility index (Phi) is 6.66. The molecule has 2 aromatic rings. The first-order chi connectivity index (χ1) is 11.5. The lowest BCUT2D eigenvalue weighted by molar-refractivity contribution is 0.252. The maximum atomic E-state index is 11.9. The first-order valence-electron chi connectivity index (χ1n) is 8.28. The zero-order valence-corrected chi connectivity index (χ0v) is 14.6. The van der Waals surface area contributed by atoms with Crippen LogP contribution in [0.4, 0.5) is 10.5 Å². The van der Waals surface area contributed by atoms with Crippen molar-refractivity contribution < 1.29 is 9.53 Å². The number of aryl methyl sites for hydroxylation is 2. The van der Waals surface area contributed by atoms with E-state index in [1.807, 2.05) is 43.7 Å². The Morgan fingerprint density at radius 1 is 1.29 bits per heavy atom. The molecule has 0 unspecified atom stereocenters. The molecule has 0 aliphatic rings. The molecule has 2 amide bonds. The van der Waals surface area contributed by atoms with E-state index in [-0.39, 0.29) is 6.03 Å². The number of rotatable bonds is 8. The number of hydrogen-bond acceptors (Lipinski definition) is 3. The molecule has 130 valence electrons. The number of carbonyl (C=O) groups is 1. The minimum atomic E-state index is -0.197. The van der Waals surface area contributed by atoms with Gasteiger partial charge in [-0.3, -0.25) is 4.68 Å². The lowest BCUT2D eigenvalue weighted by Gasteiger charge is -2.10. The largest absolute Gasteiger partial charge is 0.493 e. The van der Waals surface area contributed by atoms with Gasteiger partial charge in [-0.2, -0.15) is 5.10 Å². The molecule has 1 aromatic carbocycles. The fraction of sp³-hybridized carbons (Fsp3) is 0.444. The third kappa shape index (κ3) is 6.32. The third-order valence-electron chi connectivity index (χ3n) is 3.38. The van der Waals surface area contributed by atoms with Gasteiger partial charge in [0.25, 0.3) is 0 Å². The highest BCUT2D eigenvalue weighted by molar-refractivity contribution is 5.89. The summed E-state index contributed by atoms with van der Waals surface area (Å²) < 4.78 is 7.40. The molecule has 2 N–H and O–H groups in total. The van der Waals surface area contributed by atoms with Crippen molar-refractivity contribution in [3.05, 3.63) is 42.2 Å². The van der Waals surface area contributed by atoms with Crippen LogP contribution < -0.4 is 15.4 Å². The average molecular weight is 330 g/mol. The monoisotopic (exact) mass is 330 g/mol. The van der Waals surface area contributed by atoms with E-state index in [4.69, 9.17) is 4.74 Å². The quantitative estimate of drug-likeness (QED) is 0.730. The molecule has 6 heteroatoms. The predicted molar refractivity (Wildman–Crippen MR) is 95.3 cm³/mol. The highest BCUT2D eigenvalue weighted by Gasteiger charge is 2.03. The second-order valence-electron chi connectivity index (χ2n) is 6.24. The minimum absolute atomic E-state index is 0.197. The standard InChI is InChI=1S/C18H26N4O2/c1-14(2)13-24-17-8-6-16(7-9-17)21-18(23)19-10-4-5-15-11-20-22(3)12-15/h6-9,11-12,14H,4-5,10,13H2,1-3H3,(H2,19,21,23). The molecule has 2 rings (SSSR count). The smallest absolute Gasteiger partial charge is 0.319 e. The lowest BCUT2D eigenvalue weighted by atomic mass is 10.2. The van der Waals surface area contributed by atoms with E-state index < -0.39 is 0 Å². The van der Waals surface area contributed by atoms with Crippen molar-refractivity contribution in [3.8, 4) is 5.75 Å². The van der Waals surface area contributed by atoms with E-state index in [1.54, 1.807) is 4.68 Å². The molecule has 0 fully saturated rings. The van der Waals surface area contributed by atoms with E-state index in [2.05, 4.69) is 29.6 Å². The van der Waals surface area contributed by atoms with Crippen LogP contribution in [0.3, 0.4) is 0 Å². The highest BCUT2D eigenvalue weighted by Crippen LogP contribution is 2.16. The van der Waals surface area contributed by atoms with E-state index >= 15 is 0 Å². The summed E-state index contributed by atoms with van der Waals surface area (Å²) >= 11 is 0. The van der Waals surface area contributed by atoms with Crippen LogP contribution in [0.2, 0.25) is 0 Å². The van der Waals surface area contributed by atoms with Gasteiger partial charge in [0.2, 0.25) is 0 Å². The van der Waals surface area contributed by atoms with Crippen LogP contribution in [0.25, 0.3) is 0 Å². The Labute approximate surface area is 143 Å². The summed E-state index contributed by atoms with van der Waals surface area (Å²) in [5.74, 6) is 1.30. The van der Waals surface area contributed by atoms with Crippen molar-refractivity contribution in [3.63, 3.8) is 0 Å². The molecule has 1 aromatic heterocycles. The Bertz CT molecular complexity index is 635. The van der Waals surface area contributed by atoms with Crippen molar-refractivity contribution in [1.29, 1.82) is 0 Å². The molecule has 0 radical (unpaired) electrons. The van der Waals surface area contributed by atoms with Gasteiger partial charge in [-0.1, -0.05) is 13.8 Å². The average Bonchev–Trinajstić information content (AvgIpc) is 2.96. The molecule has 0 spiro atoms. The number of benzene rings is 1. The van der Waals surface area contributed by atoms with Gasteiger partial charge in [-0.15, -0.1) is 0 Å². The van der Waals surface area contributed by atoms with E-state index in [1.165, 1.54) is 5.56 Å². The van der Waals surface area contributed by atoms with Gasteiger partial charge >= 0.3 is 6.03 Å². The first kappa shape index (κ1) is 17.8. The normalized spacial score (nSPS) is 10.7. The molecule has 6 nitrogen and oxygen atoms in total. The zero-order chi connectivity index (χ0) is 17.4. The summed E-state index contributed by atoms with van der Waals surface area (Å²) in [5.41, 5.74) is 1.92. The number of anilines is 1. The van der Waals surface area contributed by atoms with Crippen LogP contribution in [0, 0.1) is 5.92 Å². The molecular formula is C18H26N4O2. The predicted octanol–water partition coefficient (Wildman–Crippen LogP) is 3.21. The number of carbonyl (C=O) groups excluding carboxylic acids is 1. The summed E-state index contributed by atoms with van der Waals surface area (Å²) in [6, 6.07) is 7.20. The summed E-state index contributed by atoms with van der Waals surface area (Å²) in [7, 11) is 1.90. The molecule has 0 aliphatic heterocycles. The van der Waals surface area contributed by atoms with Gasteiger partial charge in [0.05, 0.1) is 12.8 Å². The van der Waals surface area contributed by atoms with E-state index in [9.17, 15) is 4.79 Å². The molecule has 0 aliphatic carbocycles. The van der Waals surface area contributed by atoms with Crippen molar-refractivity contribution in [2.24, 2.45) is 13.0 Å². The second-order valence-corrected chi connectivity index (χ2v) is 6.24. The molecule has 0 saturated heterocycles. The second kappa shape index (κ2) is 8.96. The number of ether oxygens (including phenoxy) is 1. The third-order valence-corrected chi connectivity index (χ3v) is 3.38. The van der Waals surface area contributed by atoms with Crippen LogP contribution in [0.15, 0.2) is 36.7 Å². The number of hydrogen-bond donors (Lipinski definition) is 2. The van der Waals surface area contributed by atoms with Gasteiger partial charge in [-0.05, 0) is 48.6 Å². The summed E-state index contributed by atoms with van der Waals surface area (Å²) in [5, 5.41) is 9.79. The maximum absolute atomic E-state index is 11.9. The summed E-state index contributed by atoms with van der Waals surface area (Å²) in [6.45, 7) is 5.52. The van der Waals surface area contributed by atoms with Crippen molar-refractivity contribution in [1.82, 2.24) is 15.1 Å². The number of nitrogens with zero attached hydrogens (tertiary/aromatic N) is 2. The maximum Gasteiger partial charge on any atom is 0.319 e.